The molecule has 7 heteroatoms. The van der Waals surface area contributed by atoms with Gasteiger partial charge in [-0.25, -0.2) is 4.39 Å². The largest absolute Gasteiger partial charge is 0.507 e. The van der Waals surface area contributed by atoms with Crippen LogP contribution >= 0.6 is 0 Å². The van der Waals surface area contributed by atoms with Crippen molar-refractivity contribution in [3.63, 3.8) is 0 Å². The second-order valence-corrected chi connectivity index (χ2v) is 8.65. The number of aliphatic hydroxyl groups excluding tert-OH is 1. The maximum Gasteiger partial charge on any atom is 0.295 e. The van der Waals surface area contributed by atoms with Crippen LogP contribution in [0.25, 0.3) is 5.76 Å². The molecule has 1 amide bonds. The van der Waals surface area contributed by atoms with Crippen molar-refractivity contribution in [2.24, 2.45) is 0 Å². The number of ether oxygens (including phenoxy) is 1. The molecule has 32 heavy (non-hydrogen) atoms. The molecule has 1 saturated heterocycles. The van der Waals surface area contributed by atoms with Gasteiger partial charge in [-0.05, 0) is 48.7 Å². The Balaban J connectivity index is 1.65. The highest BCUT2D eigenvalue weighted by molar-refractivity contribution is 6.46. The standard InChI is InChI=1S/C25H25FN2O4/c1-27-12-13-32-20-11-8-16(14-19(20)27)23(29)21-22(15-6-9-17(26)10-7-15)28(25(31)24(21)30)18-4-2-3-5-18/h6-11,14,18,22,29H,2-5,12-13H2,1H3/b23-21-. The lowest BCUT2D eigenvalue weighted by Gasteiger charge is -2.31. The van der Waals surface area contributed by atoms with Gasteiger partial charge < -0.3 is 19.6 Å². The fourth-order valence-corrected chi connectivity index (χ4v) is 5.03. The predicted octanol–water partition coefficient (Wildman–Crippen LogP) is 4.02. The first-order valence-corrected chi connectivity index (χ1v) is 11.0. The molecule has 5 rings (SSSR count). The Hall–Kier alpha value is -3.35. The van der Waals surface area contributed by atoms with E-state index in [2.05, 4.69) is 0 Å². The van der Waals surface area contributed by atoms with Crippen molar-refractivity contribution < 1.29 is 23.8 Å². The van der Waals surface area contributed by atoms with E-state index in [0.29, 0.717) is 30.0 Å². The molecule has 2 aromatic rings. The summed E-state index contributed by atoms with van der Waals surface area (Å²) in [5.74, 6) is -1.22. The van der Waals surface area contributed by atoms with E-state index in [1.54, 1.807) is 35.2 Å². The number of ketones is 1. The lowest BCUT2D eigenvalue weighted by atomic mass is 9.94. The quantitative estimate of drug-likeness (QED) is 0.447. The van der Waals surface area contributed by atoms with Gasteiger partial charge in [0.2, 0.25) is 0 Å². The van der Waals surface area contributed by atoms with Crippen molar-refractivity contribution >= 4 is 23.1 Å². The van der Waals surface area contributed by atoms with Gasteiger partial charge in [-0.2, -0.15) is 0 Å². The zero-order chi connectivity index (χ0) is 22.4. The maximum atomic E-state index is 13.6. The SMILES string of the molecule is CN1CCOc2ccc(/C(O)=C3/C(=O)C(=O)N(C4CCCC4)C3c3ccc(F)cc3)cc21. The normalized spacial score (nSPS) is 22.9. The number of hydrogen-bond acceptors (Lipinski definition) is 5. The molecule has 6 nitrogen and oxygen atoms in total. The molecule has 2 aliphatic heterocycles. The van der Waals surface area contributed by atoms with Gasteiger partial charge >= 0.3 is 0 Å². The van der Waals surface area contributed by atoms with Crippen LogP contribution in [0.4, 0.5) is 10.1 Å². The molecular weight excluding hydrogens is 411 g/mol. The van der Waals surface area contributed by atoms with E-state index in [0.717, 1.165) is 31.4 Å². The van der Waals surface area contributed by atoms with E-state index in [4.69, 9.17) is 4.74 Å². The van der Waals surface area contributed by atoms with Crippen molar-refractivity contribution in [3.8, 4) is 5.75 Å². The number of Topliss-reactive ketones (excluding diaryl/α,β-unsaturated/α-hetero) is 1. The van der Waals surface area contributed by atoms with Crippen molar-refractivity contribution in [1.82, 2.24) is 4.90 Å². The molecule has 0 radical (unpaired) electrons. The van der Waals surface area contributed by atoms with Crippen LogP contribution in [0.1, 0.15) is 42.9 Å². The Morgan fingerprint density at radius 1 is 1.09 bits per heavy atom. The minimum absolute atomic E-state index is 0.0489. The number of hydrogen-bond donors (Lipinski definition) is 1. The molecule has 3 aliphatic rings. The van der Waals surface area contributed by atoms with Crippen LogP contribution in [0.5, 0.6) is 5.75 Å². The number of fused-ring (bicyclic) bond motifs is 1. The van der Waals surface area contributed by atoms with Gasteiger partial charge in [0.05, 0.1) is 23.8 Å². The highest BCUT2D eigenvalue weighted by Gasteiger charge is 2.49. The van der Waals surface area contributed by atoms with Gasteiger partial charge in [0.1, 0.15) is 23.9 Å². The van der Waals surface area contributed by atoms with E-state index in [9.17, 15) is 19.1 Å². The molecule has 1 aliphatic carbocycles. The molecule has 0 bridgehead atoms. The summed E-state index contributed by atoms with van der Waals surface area (Å²) < 4.78 is 19.3. The topological polar surface area (TPSA) is 70.1 Å². The van der Waals surface area contributed by atoms with Crippen molar-refractivity contribution in [2.75, 3.05) is 25.1 Å². The molecule has 0 aromatic heterocycles. The highest BCUT2D eigenvalue weighted by Crippen LogP contribution is 2.44. The summed E-state index contributed by atoms with van der Waals surface area (Å²) in [4.78, 5) is 29.9. The predicted molar refractivity (Wildman–Crippen MR) is 118 cm³/mol. The molecule has 2 heterocycles. The number of amides is 1. The number of carbonyl (C=O) groups excluding carboxylic acids is 2. The number of halogens is 1. The Kier molecular flexibility index (Phi) is 5.12. The van der Waals surface area contributed by atoms with E-state index in [1.807, 2.05) is 11.9 Å². The van der Waals surface area contributed by atoms with Crippen LogP contribution in [0, 0.1) is 5.82 Å². The summed E-state index contributed by atoms with van der Waals surface area (Å²) in [5, 5.41) is 11.3. The fraction of sp³-hybridized carbons (Fsp3) is 0.360. The summed E-state index contributed by atoms with van der Waals surface area (Å²) in [6.07, 6.45) is 3.60. The lowest BCUT2D eigenvalue weighted by Crippen LogP contribution is -2.37. The number of rotatable bonds is 3. The Labute approximate surface area is 185 Å². The third-order valence-electron chi connectivity index (χ3n) is 6.71. The van der Waals surface area contributed by atoms with Gasteiger partial charge in [-0.15, -0.1) is 0 Å². The molecule has 1 saturated carbocycles. The van der Waals surface area contributed by atoms with Crippen molar-refractivity contribution in [3.05, 3.63) is 65.0 Å². The van der Waals surface area contributed by atoms with Crippen molar-refractivity contribution in [1.29, 1.82) is 0 Å². The third-order valence-corrected chi connectivity index (χ3v) is 6.71. The van der Waals surface area contributed by atoms with Crippen LogP contribution in [-0.2, 0) is 9.59 Å². The van der Waals surface area contributed by atoms with Gasteiger partial charge in [-0.1, -0.05) is 25.0 Å². The van der Waals surface area contributed by atoms with Crippen LogP contribution in [0.2, 0.25) is 0 Å². The molecule has 1 unspecified atom stereocenters. The summed E-state index contributed by atoms with van der Waals surface area (Å²) in [6, 6.07) is 10.2. The highest BCUT2D eigenvalue weighted by atomic mass is 19.1. The summed E-state index contributed by atoms with van der Waals surface area (Å²) in [7, 11) is 1.93. The number of benzene rings is 2. The zero-order valence-corrected chi connectivity index (χ0v) is 17.9. The van der Waals surface area contributed by atoms with Crippen LogP contribution in [0.15, 0.2) is 48.0 Å². The minimum Gasteiger partial charge on any atom is -0.507 e. The molecule has 0 spiro atoms. The number of likely N-dealkylation sites (N-methyl/N-ethyl adjacent to an activating group) is 1. The third kappa shape index (κ3) is 3.32. The number of aliphatic hydroxyl groups is 1. The minimum atomic E-state index is -0.747. The second kappa shape index (κ2) is 7.97. The van der Waals surface area contributed by atoms with Gasteiger partial charge in [-0.3, -0.25) is 9.59 Å². The molecule has 1 N–H and O–H groups in total. The first-order valence-electron chi connectivity index (χ1n) is 11.0. The van der Waals surface area contributed by atoms with Gasteiger partial charge in [0.15, 0.2) is 0 Å². The molecule has 2 fully saturated rings. The first-order chi connectivity index (χ1) is 15.5. The summed E-state index contributed by atoms with van der Waals surface area (Å²) in [5.41, 5.74) is 1.91. The number of nitrogens with zero attached hydrogens (tertiary/aromatic N) is 2. The van der Waals surface area contributed by atoms with E-state index >= 15 is 0 Å². The Morgan fingerprint density at radius 2 is 1.81 bits per heavy atom. The Bertz CT molecular complexity index is 1110. The number of anilines is 1. The molecule has 2 aromatic carbocycles. The fourth-order valence-electron chi connectivity index (χ4n) is 5.03. The maximum absolute atomic E-state index is 13.6. The zero-order valence-electron chi connectivity index (χ0n) is 17.9. The second-order valence-electron chi connectivity index (χ2n) is 8.65. The Morgan fingerprint density at radius 3 is 2.53 bits per heavy atom. The molecule has 166 valence electrons. The number of carbonyl (C=O) groups is 2. The summed E-state index contributed by atoms with van der Waals surface area (Å²) >= 11 is 0. The van der Waals surface area contributed by atoms with E-state index < -0.39 is 23.5 Å². The molecule has 1 atom stereocenters. The number of likely N-dealkylation sites (tertiary alicyclic amines) is 1. The molecular formula is C25H25FN2O4. The smallest absolute Gasteiger partial charge is 0.295 e. The average molecular weight is 436 g/mol. The van der Waals surface area contributed by atoms with Crippen LogP contribution in [-0.4, -0.2) is 47.9 Å². The van der Waals surface area contributed by atoms with Crippen LogP contribution in [0.3, 0.4) is 0 Å². The monoisotopic (exact) mass is 436 g/mol. The van der Waals surface area contributed by atoms with E-state index in [-0.39, 0.29) is 17.4 Å². The summed E-state index contributed by atoms with van der Waals surface area (Å²) in [6.45, 7) is 1.28. The van der Waals surface area contributed by atoms with E-state index in [1.165, 1.54) is 12.1 Å². The first kappa shape index (κ1) is 20.5. The van der Waals surface area contributed by atoms with Gasteiger partial charge in [0.25, 0.3) is 11.7 Å². The van der Waals surface area contributed by atoms with Crippen LogP contribution < -0.4 is 9.64 Å². The van der Waals surface area contributed by atoms with Gasteiger partial charge in [0, 0.05) is 18.7 Å². The lowest BCUT2D eigenvalue weighted by molar-refractivity contribution is -0.141. The average Bonchev–Trinajstić information content (AvgIpc) is 3.41. The van der Waals surface area contributed by atoms with Crippen molar-refractivity contribution in [2.45, 2.75) is 37.8 Å².